The third-order valence-corrected chi connectivity index (χ3v) is 9.60. The summed E-state index contributed by atoms with van der Waals surface area (Å²) >= 11 is 0. The van der Waals surface area contributed by atoms with Crippen molar-refractivity contribution in [1.82, 2.24) is 14.7 Å². The Morgan fingerprint density at radius 3 is 2.36 bits per heavy atom. The number of aliphatic hydroxyl groups is 1. The Bertz CT molecular complexity index is 1160. The van der Waals surface area contributed by atoms with Crippen LogP contribution in [-0.4, -0.2) is 87.1 Å². The molecule has 42 heavy (non-hydrogen) atoms. The Morgan fingerprint density at radius 1 is 1.10 bits per heavy atom. The second kappa shape index (κ2) is 13.1. The molecule has 0 radical (unpaired) electrons. The molecule has 3 aliphatic rings. The Morgan fingerprint density at radius 2 is 1.76 bits per heavy atom. The first-order valence-corrected chi connectivity index (χ1v) is 15.6. The van der Waals surface area contributed by atoms with Crippen molar-refractivity contribution in [3.05, 3.63) is 61.2 Å². The highest BCUT2D eigenvalue weighted by Gasteiger charge is 2.79. The molecule has 230 valence electrons. The van der Waals surface area contributed by atoms with Crippen LogP contribution in [0.5, 0.6) is 0 Å². The van der Waals surface area contributed by atoms with E-state index in [2.05, 4.69) is 20.1 Å². The Kier molecular flexibility index (Phi) is 9.99. The summed E-state index contributed by atoms with van der Waals surface area (Å²) in [4.78, 5) is 48.7. The minimum absolute atomic E-state index is 0.102. The number of likely N-dealkylation sites (tertiary alicyclic amines) is 1. The molecule has 1 N–H and O–H groups in total. The number of benzene rings is 1. The van der Waals surface area contributed by atoms with Crippen LogP contribution in [0.4, 0.5) is 0 Å². The molecule has 3 saturated heterocycles. The number of aliphatic hydroxyl groups excluding tert-OH is 1. The molecule has 4 rings (SSSR count). The van der Waals surface area contributed by atoms with E-state index in [-0.39, 0.29) is 30.2 Å². The largest absolute Gasteiger partial charge is 0.394 e. The number of hydrogen-bond acceptors (Lipinski definition) is 5. The topological polar surface area (TPSA) is 90.4 Å². The molecule has 8 heteroatoms. The van der Waals surface area contributed by atoms with E-state index in [1.807, 2.05) is 51.1 Å². The lowest BCUT2D eigenvalue weighted by atomic mass is 9.66. The first-order chi connectivity index (χ1) is 20.1. The predicted molar refractivity (Wildman–Crippen MR) is 163 cm³/mol. The van der Waals surface area contributed by atoms with Gasteiger partial charge >= 0.3 is 0 Å². The molecule has 0 aliphatic carbocycles. The van der Waals surface area contributed by atoms with Crippen LogP contribution in [0.25, 0.3) is 0 Å². The van der Waals surface area contributed by atoms with E-state index >= 15 is 0 Å². The number of amides is 3. The van der Waals surface area contributed by atoms with Gasteiger partial charge in [0, 0.05) is 26.2 Å². The average molecular weight is 580 g/mol. The van der Waals surface area contributed by atoms with Crippen molar-refractivity contribution in [3.8, 4) is 0 Å². The number of carbonyl (C=O) groups excluding carboxylic acids is 3. The fourth-order valence-electron chi connectivity index (χ4n) is 7.56. The molecule has 1 spiro atoms. The van der Waals surface area contributed by atoms with E-state index in [0.29, 0.717) is 39.0 Å². The highest BCUT2D eigenvalue weighted by atomic mass is 16.5. The molecular formula is C34H49N3O5. The fourth-order valence-corrected chi connectivity index (χ4v) is 7.56. The van der Waals surface area contributed by atoms with Gasteiger partial charge in [-0.2, -0.15) is 0 Å². The number of carbonyl (C=O) groups is 3. The van der Waals surface area contributed by atoms with Gasteiger partial charge < -0.3 is 24.5 Å². The molecule has 1 aromatic rings. The van der Waals surface area contributed by atoms with Crippen molar-refractivity contribution in [3.63, 3.8) is 0 Å². The van der Waals surface area contributed by atoms with Gasteiger partial charge in [-0.15, -0.1) is 13.2 Å². The summed E-state index contributed by atoms with van der Waals surface area (Å²) in [6.45, 7) is 17.0. The maximum Gasteiger partial charge on any atom is 0.248 e. The minimum atomic E-state index is -1.14. The van der Waals surface area contributed by atoms with Crippen molar-refractivity contribution in [1.29, 1.82) is 0 Å². The summed E-state index contributed by atoms with van der Waals surface area (Å²) in [6, 6.07) is 8.27. The zero-order valence-electron chi connectivity index (χ0n) is 25.8. The molecule has 1 aromatic carbocycles. The fraction of sp³-hybridized carbons (Fsp3) is 0.618. The highest BCUT2D eigenvalue weighted by Crippen LogP contribution is 2.64. The van der Waals surface area contributed by atoms with Crippen LogP contribution < -0.4 is 0 Å². The lowest BCUT2D eigenvalue weighted by Crippen LogP contribution is -2.59. The first-order valence-electron chi connectivity index (χ1n) is 15.6. The van der Waals surface area contributed by atoms with Gasteiger partial charge in [0.2, 0.25) is 17.7 Å². The minimum Gasteiger partial charge on any atom is -0.394 e. The molecule has 3 fully saturated rings. The Balaban J connectivity index is 1.77. The predicted octanol–water partition coefficient (Wildman–Crippen LogP) is 4.19. The van der Waals surface area contributed by atoms with Crippen LogP contribution >= 0.6 is 0 Å². The molecule has 2 unspecified atom stereocenters. The molecule has 2 bridgehead atoms. The third kappa shape index (κ3) is 5.55. The van der Waals surface area contributed by atoms with E-state index in [1.165, 1.54) is 0 Å². The van der Waals surface area contributed by atoms with Gasteiger partial charge in [-0.05, 0) is 37.7 Å². The first kappa shape index (κ1) is 32.0. The maximum absolute atomic E-state index is 14.6. The molecule has 0 aromatic heterocycles. The van der Waals surface area contributed by atoms with Gasteiger partial charge in [-0.25, -0.2) is 0 Å². The maximum atomic E-state index is 14.6. The Labute approximate surface area is 251 Å². The average Bonchev–Trinajstić information content (AvgIpc) is 3.53. The van der Waals surface area contributed by atoms with Gasteiger partial charge in [-0.1, -0.05) is 76.1 Å². The number of unbranched alkanes of at least 4 members (excludes halogenated alkanes) is 2. The van der Waals surface area contributed by atoms with E-state index < -0.39 is 35.1 Å². The highest BCUT2D eigenvalue weighted by molar-refractivity contribution is 5.99. The lowest BCUT2D eigenvalue weighted by molar-refractivity contribution is -0.157. The van der Waals surface area contributed by atoms with Gasteiger partial charge in [-0.3, -0.25) is 14.4 Å². The zero-order chi connectivity index (χ0) is 30.7. The molecule has 6 atom stereocenters. The van der Waals surface area contributed by atoms with E-state index in [9.17, 15) is 19.5 Å². The second-order valence-corrected chi connectivity index (χ2v) is 12.7. The van der Waals surface area contributed by atoms with Gasteiger partial charge in [0.1, 0.15) is 11.6 Å². The number of fused-ring (bicyclic) bond motifs is 1. The number of ether oxygens (including phenoxy) is 1. The number of rotatable bonds is 15. The quantitative estimate of drug-likeness (QED) is 0.249. The smallest absolute Gasteiger partial charge is 0.248 e. The second-order valence-electron chi connectivity index (χ2n) is 12.7. The zero-order valence-corrected chi connectivity index (χ0v) is 25.8. The van der Waals surface area contributed by atoms with Crippen LogP contribution in [-0.2, 0) is 25.7 Å². The van der Waals surface area contributed by atoms with Crippen molar-refractivity contribution in [2.75, 3.05) is 26.2 Å². The molecule has 3 aliphatic heterocycles. The standard InChI is InChI=1S/C34H49N3O5/c1-7-10-14-21-35(19-8-2)32(41)29-34-18-17-33(6,42-34)27(28(34)31(40)37(29)26(23-38)24(4)5)30(39)36(20-9-3)22-25-15-12-11-13-16-25/h8-9,11-13,15-16,24,26-29,38H,2-3,7,10,14,17-23H2,1,4-6H3/t26-,27-,28-,29?,33+,34?/m0/s1. The summed E-state index contributed by atoms with van der Waals surface area (Å²) in [5, 5.41) is 10.5. The summed E-state index contributed by atoms with van der Waals surface area (Å²) in [7, 11) is 0. The molecule has 3 amide bonds. The van der Waals surface area contributed by atoms with E-state index in [4.69, 9.17) is 4.74 Å². The van der Waals surface area contributed by atoms with E-state index in [0.717, 1.165) is 24.8 Å². The SMILES string of the molecule is C=CCN(CCCCC)C(=O)C1N([C@@H](CO)C(C)C)C(=O)[C@@H]2[C@@H](C(=O)N(CC=C)Cc3ccccc3)[C@@]3(C)CCC12O3. The van der Waals surface area contributed by atoms with Gasteiger partial charge in [0.15, 0.2) is 0 Å². The third-order valence-electron chi connectivity index (χ3n) is 9.60. The van der Waals surface area contributed by atoms with Gasteiger partial charge in [0.05, 0.1) is 30.1 Å². The van der Waals surface area contributed by atoms with Crippen LogP contribution in [0.2, 0.25) is 0 Å². The summed E-state index contributed by atoms with van der Waals surface area (Å²) < 4.78 is 6.86. The lowest BCUT2D eigenvalue weighted by Gasteiger charge is -2.40. The van der Waals surface area contributed by atoms with Crippen LogP contribution in [0.3, 0.4) is 0 Å². The van der Waals surface area contributed by atoms with Gasteiger partial charge in [0.25, 0.3) is 0 Å². The van der Waals surface area contributed by atoms with Crippen molar-refractivity contribution < 1.29 is 24.2 Å². The number of nitrogens with zero attached hydrogens (tertiary/aromatic N) is 3. The van der Waals surface area contributed by atoms with Crippen molar-refractivity contribution in [2.45, 2.75) is 89.6 Å². The van der Waals surface area contributed by atoms with Crippen LogP contribution in [0.15, 0.2) is 55.6 Å². The molecule has 0 saturated carbocycles. The summed E-state index contributed by atoms with van der Waals surface area (Å²) in [5.41, 5.74) is -1.03. The van der Waals surface area contributed by atoms with Crippen molar-refractivity contribution >= 4 is 17.7 Å². The van der Waals surface area contributed by atoms with Crippen LogP contribution in [0.1, 0.15) is 65.4 Å². The molecule has 3 heterocycles. The monoisotopic (exact) mass is 579 g/mol. The molecular weight excluding hydrogens is 530 g/mol. The normalized spacial score (nSPS) is 28.6. The molecule has 8 nitrogen and oxygen atoms in total. The van der Waals surface area contributed by atoms with Crippen molar-refractivity contribution in [2.24, 2.45) is 17.8 Å². The van der Waals surface area contributed by atoms with E-state index in [1.54, 1.807) is 26.9 Å². The summed E-state index contributed by atoms with van der Waals surface area (Å²) in [5.74, 6) is -2.28. The summed E-state index contributed by atoms with van der Waals surface area (Å²) in [6.07, 6.45) is 7.33. The Hall–Kier alpha value is -2.97. The van der Waals surface area contributed by atoms with Crippen LogP contribution in [0, 0.1) is 17.8 Å². The number of hydrogen-bond donors (Lipinski definition) is 1.